The van der Waals surface area contributed by atoms with Crippen molar-refractivity contribution in [2.24, 2.45) is 0 Å². The van der Waals surface area contributed by atoms with Crippen molar-refractivity contribution in [3.8, 4) is 0 Å². The van der Waals surface area contributed by atoms with Crippen molar-refractivity contribution in [3.63, 3.8) is 0 Å². The Morgan fingerprint density at radius 1 is 1.38 bits per heavy atom. The van der Waals surface area contributed by atoms with E-state index in [2.05, 4.69) is 31.1 Å². The highest BCUT2D eigenvalue weighted by Gasteiger charge is 2.23. The summed E-state index contributed by atoms with van der Waals surface area (Å²) in [6, 6.07) is 1.89. The first-order chi connectivity index (χ1) is 10.2. The Balaban J connectivity index is 3.02. The molecule has 1 rings (SSSR count). The number of aromatic nitrogens is 1. The molecule has 5 heteroatoms. The first-order valence-corrected chi connectivity index (χ1v) is 7.79. The lowest BCUT2D eigenvalue weighted by Crippen LogP contribution is -2.41. The number of rotatable bonds is 9. The van der Waals surface area contributed by atoms with Crippen LogP contribution in [0.4, 0.5) is 5.69 Å². The molecule has 5 nitrogen and oxygen atoms in total. The molecule has 0 spiro atoms. The summed E-state index contributed by atoms with van der Waals surface area (Å²) in [5, 5.41) is 12.5. The maximum atomic E-state index is 12.8. The van der Waals surface area contributed by atoms with Crippen molar-refractivity contribution in [3.05, 3.63) is 24.0 Å². The number of aliphatic hydroxyl groups is 1. The lowest BCUT2D eigenvalue weighted by atomic mass is 10.1. The van der Waals surface area contributed by atoms with Crippen molar-refractivity contribution in [2.45, 2.75) is 46.1 Å². The molecular formula is C16H27N3O2. The van der Waals surface area contributed by atoms with Gasteiger partial charge in [0.1, 0.15) is 0 Å². The molecule has 0 atom stereocenters. The number of carbonyl (C=O) groups excluding carboxylic acids is 1. The zero-order valence-electron chi connectivity index (χ0n) is 13.3. The summed E-state index contributed by atoms with van der Waals surface area (Å²) in [5.74, 6) is -0.0428. The fourth-order valence-corrected chi connectivity index (χ4v) is 2.42. The minimum absolute atomic E-state index is 0.0228. The topological polar surface area (TPSA) is 65.5 Å². The van der Waals surface area contributed by atoms with Gasteiger partial charge in [-0.05, 0) is 25.3 Å². The van der Waals surface area contributed by atoms with E-state index in [0.717, 1.165) is 31.5 Å². The minimum atomic E-state index is -0.0428. The highest BCUT2D eigenvalue weighted by Crippen LogP contribution is 2.19. The Hall–Kier alpha value is -1.62. The molecule has 1 aromatic heterocycles. The van der Waals surface area contributed by atoms with Crippen LogP contribution >= 0.6 is 0 Å². The molecule has 0 aliphatic heterocycles. The van der Waals surface area contributed by atoms with Crippen molar-refractivity contribution in [2.75, 3.05) is 25.0 Å². The van der Waals surface area contributed by atoms with E-state index in [9.17, 15) is 9.90 Å². The van der Waals surface area contributed by atoms with E-state index in [0.29, 0.717) is 12.1 Å². The first kappa shape index (κ1) is 17.4. The molecule has 2 N–H and O–H groups in total. The van der Waals surface area contributed by atoms with Crippen LogP contribution in [-0.4, -0.2) is 46.6 Å². The summed E-state index contributed by atoms with van der Waals surface area (Å²) < 4.78 is 0. The van der Waals surface area contributed by atoms with E-state index in [1.807, 2.05) is 0 Å². The molecule has 1 aromatic rings. The van der Waals surface area contributed by atoms with Crippen LogP contribution in [0.5, 0.6) is 0 Å². The third-order valence-electron chi connectivity index (χ3n) is 3.60. The molecule has 0 saturated carbocycles. The molecule has 1 heterocycles. The molecule has 0 bridgehead atoms. The van der Waals surface area contributed by atoms with Gasteiger partial charge >= 0.3 is 0 Å². The van der Waals surface area contributed by atoms with Crippen LogP contribution in [0.1, 0.15) is 50.4 Å². The summed E-state index contributed by atoms with van der Waals surface area (Å²) in [7, 11) is 0. The zero-order valence-corrected chi connectivity index (χ0v) is 13.3. The molecule has 0 unspecified atom stereocenters. The quantitative estimate of drug-likeness (QED) is 0.734. The molecule has 118 valence electrons. The van der Waals surface area contributed by atoms with E-state index >= 15 is 0 Å². The van der Waals surface area contributed by atoms with E-state index < -0.39 is 0 Å². The average molecular weight is 293 g/mol. The van der Waals surface area contributed by atoms with Gasteiger partial charge in [0.05, 0.1) is 24.1 Å². The second-order valence-corrected chi connectivity index (χ2v) is 5.04. The molecular weight excluding hydrogens is 266 g/mol. The van der Waals surface area contributed by atoms with Crippen LogP contribution < -0.4 is 5.32 Å². The van der Waals surface area contributed by atoms with Gasteiger partial charge in [-0.3, -0.25) is 9.78 Å². The Bertz CT molecular complexity index is 433. The summed E-state index contributed by atoms with van der Waals surface area (Å²) in [6.07, 6.45) is 6.06. The first-order valence-electron chi connectivity index (χ1n) is 7.79. The molecule has 21 heavy (non-hydrogen) atoms. The Kier molecular flexibility index (Phi) is 7.75. The molecule has 0 aliphatic rings. The number of nitrogens with zero attached hydrogens (tertiary/aromatic N) is 2. The normalized spacial score (nSPS) is 10.7. The molecule has 0 aromatic carbocycles. The summed E-state index contributed by atoms with van der Waals surface area (Å²) in [5.41, 5.74) is 1.39. The van der Waals surface area contributed by atoms with Crippen LogP contribution in [0.2, 0.25) is 0 Å². The number of hydrogen-bond donors (Lipinski definition) is 2. The van der Waals surface area contributed by atoms with Gasteiger partial charge in [-0.1, -0.05) is 20.8 Å². The number of carbonyl (C=O) groups is 1. The van der Waals surface area contributed by atoms with Crippen LogP contribution in [0, 0.1) is 0 Å². The average Bonchev–Trinajstić information content (AvgIpc) is 2.52. The molecule has 1 amide bonds. The maximum Gasteiger partial charge on any atom is 0.256 e. The van der Waals surface area contributed by atoms with E-state index in [4.69, 9.17) is 0 Å². The van der Waals surface area contributed by atoms with Gasteiger partial charge in [-0.25, -0.2) is 0 Å². The van der Waals surface area contributed by atoms with Gasteiger partial charge in [0.15, 0.2) is 0 Å². The summed E-state index contributed by atoms with van der Waals surface area (Å²) in [4.78, 5) is 18.7. The molecule has 0 saturated heterocycles. The Morgan fingerprint density at radius 3 is 2.67 bits per heavy atom. The second-order valence-electron chi connectivity index (χ2n) is 5.04. The van der Waals surface area contributed by atoms with Crippen molar-refractivity contribution < 1.29 is 9.90 Å². The standard InChI is InChI=1S/C16H27N3O2/c1-4-8-18-15-12-17-9-7-14(15)16(21)19(10-11-20)13(5-2)6-3/h7,9,12-13,18,20H,4-6,8,10-11H2,1-3H3. The predicted molar refractivity (Wildman–Crippen MR) is 85.5 cm³/mol. The van der Waals surface area contributed by atoms with E-state index in [1.54, 1.807) is 23.4 Å². The van der Waals surface area contributed by atoms with E-state index in [-0.39, 0.29) is 18.6 Å². The van der Waals surface area contributed by atoms with Gasteiger partial charge < -0.3 is 15.3 Å². The largest absolute Gasteiger partial charge is 0.395 e. The van der Waals surface area contributed by atoms with Gasteiger partial charge in [0.25, 0.3) is 5.91 Å². The van der Waals surface area contributed by atoms with Gasteiger partial charge in [0.2, 0.25) is 0 Å². The Morgan fingerprint density at radius 2 is 2.10 bits per heavy atom. The number of pyridine rings is 1. The molecule has 0 aliphatic carbocycles. The number of hydrogen-bond acceptors (Lipinski definition) is 4. The maximum absolute atomic E-state index is 12.8. The van der Waals surface area contributed by atoms with Gasteiger partial charge in [0, 0.05) is 25.3 Å². The SMILES string of the molecule is CCCNc1cnccc1C(=O)N(CCO)C(CC)CC. The smallest absolute Gasteiger partial charge is 0.256 e. The molecule has 0 radical (unpaired) electrons. The van der Waals surface area contributed by atoms with Crippen LogP contribution in [0.25, 0.3) is 0 Å². The van der Waals surface area contributed by atoms with Crippen LogP contribution in [0.15, 0.2) is 18.5 Å². The summed E-state index contributed by atoms with van der Waals surface area (Å²) >= 11 is 0. The molecule has 0 fully saturated rings. The minimum Gasteiger partial charge on any atom is -0.395 e. The van der Waals surface area contributed by atoms with Gasteiger partial charge in [-0.2, -0.15) is 0 Å². The number of nitrogens with one attached hydrogen (secondary N) is 1. The Labute approximate surface area is 127 Å². The van der Waals surface area contributed by atoms with E-state index in [1.165, 1.54) is 0 Å². The third kappa shape index (κ3) is 4.70. The monoisotopic (exact) mass is 293 g/mol. The number of aliphatic hydroxyl groups excluding tert-OH is 1. The zero-order chi connectivity index (χ0) is 15.7. The van der Waals surface area contributed by atoms with Gasteiger partial charge in [-0.15, -0.1) is 0 Å². The number of amides is 1. The highest BCUT2D eigenvalue weighted by atomic mass is 16.3. The van der Waals surface area contributed by atoms with Crippen molar-refractivity contribution in [1.82, 2.24) is 9.88 Å². The highest BCUT2D eigenvalue weighted by molar-refractivity contribution is 5.99. The fourth-order valence-electron chi connectivity index (χ4n) is 2.42. The lowest BCUT2D eigenvalue weighted by Gasteiger charge is -2.30. The summed E-state index contributed by atoms with van der Waals surface area (Å²) in [6.45, 7) is 7.35. The third-order valence-corrected chi connectivity index (χ3v) is 3.60. The van der Waals surface area contributed by atoms with Crippen LogP contribution in [0.3, 0.4) is 0 Å². The lowest BCUT2D eigenvalue weighted by molar-refractivity contribution is 0.0623. The predicted octanol–water partition coefficient (Wildman–Crippen LogP) is 2.53. The number of anilines is 1. The van der Waals surface area contributed by atoms with Crippen molar-refractivity contribution >= 4 is 11.6 Å². The van der Waals surface area contributed by atoms with Crippen molar-refractivity contribution in [1.29, 1.82) is 0 Å². The fraction of sp³-hybridized carbons (Fsp3) is 0.625. The second kappa shape index (κ2) is 9.34. The van der Waals surface area contributed by atoms with Crippen LogP contribution in [-0.2, 0) is 0 Å².